The quantitative estimate of drug-likeness (QED) is 0.771. The molecule has 1 atom stereocenters. The van der Waals surface area contributed by atoms with Gasteiger partial charge in [0.1, 0.15) is 5.69 Å². The van der Waals surface area contributed by atoms with Crippen LogP contribution in [0, 0.1) is 0 Å². The van der Waals surface area contributed by atoms with Gasteiger partial charge in [0.2, 0.25) is 5.95 Å². The Morgan fingerprint density at radius 2 is 2.27 bits per heavy atom. The molecule has 1 N–H and O–H groups in total. The number of hydrogen-bond donors (Lipinski definition) is 1. The van der Waals surface area contributed by atoms with E-state index in [4.69, 9.17) is 0 Å². The summed E-state index contributed by atoms with van der Waals surface area (Å²) >= 11 is 0. The van der Waals surface area contributed by atoms with Gasteiger partial charge in [0.25, 0.3) is 5.91 Å². The molecule has 1 amide bonds. The second-order valence-electron chi connectivity index (χ2n) is 5.52. The molecule has 0 saturated carbocycles. The third kappa shape index (κ3) is 4.16. The molecule has 0 spiro atoms. The van der Waals surface area contributed by atoms with Gasteiger partial charge in [-0.25, -0.2) is 18.4 Å². The van der Waals surface area contributed by atoms with E-state index in [2.05, 4.69) is 22.2 Å². The summed E-state index contributed by atoms with van der Waals surface area (Å²) in [5.74, 6) is 0.452. The lowest BCUT2D eigenvalue weighted by molar-refractivity contribution is 0.0948. The van der Waals surface area contributed by atoms with E-state index in [-0.39, 0.29) is 23.5 Å². The van der Waals surface area contributed by atoms with Crippen molar-refractivity contribution in [3.8, 4) is 0 Å². The minimum absolute atomic E-state index is 0.111. The number of nitrogens with zero attached hydrogens (tertiary/aromatic N) is 3. The maximum Gasteiger partial charge on any atom is 0.270 e. The Kier molecular flexibility index (Phi) is 5.33. The molecule has 7 nitrogen and oxygen atoms in total. The predicted octanol–water partition coefficient (Wildman–Crippen LogP) is 0.630. The lowest BCUT2D eigenvalue weighted by atomic mass is 10.2. The van der Waals surface area contributed by atoms with Gasteiger partial charge in [-0.1, -0.05) is 13.3 Å². The third-order valence-electron chi connectivity index (χ3n) is 3.76. The van der Waals surface area contributed by atoms with E-state index in [1.165, 1.54) is 6.20 Å². The molecule has 0 radical (unpaired) electrons. The molecule has 2 heterocycles. The van der Waals surface area contributed by atoms with Crippen molar-refractivity contribution in [3.05, 3.63) is 18.0 Å². The maximum atomic E-state index is 12.0. The lowest BCUT2D eigenvalue weighted by Gasteiger charge is -2.23. The smallest absolute Gasteiger partial charge is 0.270 e. The zero-order chi connectivity index (χ0) is 16.2. The highest BCUT2D eigenvalue weighted by molar-refractivity contribution is 7.91. The zero-order valence-electron chi connectivity index (χ0n) is 12.9. The fraction of sp³-hybridized carbons (Fsp3) is 0.643. The van der Waals surface area contributed by atoms with Crippen molar-refractivity contribution >= 4 is 21.7 Å². The third-order valence-corrected chi connectivity index (χ3v) is 5.51. The number of sulfone groups is 1. The molecule has 1 unspecified atom stereocenters. The number of amides is 1. The molecular weight excluding hydrogens is 304 g/mol. The summed E-state index contributed by atoms with van der Waals surface area (Å²) in [6.45, 7) is 2.67. The summed E-state index contributed by atoms with van der Waals surface area (Å²) < 4.78 is 23.1. The van der Waals surface area contributed by atoms with E-state index in [9.17, 15) is 13.2 Å². The van der Waals surface area contributed by atoms with Crippen LogP contribution in [0.4, 0.5) is 5.95 Å². The number of carbonyl (C=O) groups is 1. The molecule has 1 aromatic heterocycles. The number of rotatable bonds is 6. The molecule has 1 fully saturated rings. The summed E-state index contributed by atoms with van der Waals surface area (Å²) in [6, 6.07) is 1.42. The maximum absolute atomic E-state index is 12.0. The molecule has 1 aromatic rings. The number of unbranched alkanes of at least 4 members (excludes halogenated alkanes) is 1. The van der Waals surface area contributed by atoms with E-state index in [0.29, 0.717) is 24.6 Å². The summed E-state index contributed by atoms with van der Waals surface area (Å²) in [7, 11) is -1.20. The van der Waals surface area contributed by atoms with Crippen molar-refractivity contribution in [3.63, 3.8) is 0 Å². The number of hydrogen-bond acceptors (Lipinski definition) is 6. The normalized spacial score (nSPS) is 19.8. The standard InChI is InChI=1S/C14H22N4O3S/c1-3-4-7-15-13(19)12-5-8-16-14(17-12)18(2)11-6-9-22(20,21)10-11/h5,8,11H,3-4,6-7,9-10H2,1-2H3,(H,15,19). The van der Waals surface area contributed by atoms with Crippen molar-refractivity contribution in [1.82, 2.24) is 15.3 Å². The van der Waals surface area contributed by atoms with E-state index >= 15 is 0 Å². The monoisotopic (exact) mass is 326 g/mol. The Hall–Kier alpha value is -1.70. The highest BCUT2D eigenvalue weighted by Crippen LogP contribution is 2.20. The van der Waals surface area contributed by atoms with Gasteiger partial charge in [0.05, 0.1) is 11.5 Å². The molecule has 1 aliphatic heterocycles. The minimum Gasteiger partial charge on any atom is -0.351 e. The van der Waals surface area contributed by atoms with Crippen LogP contribution in [0.25, 0.3) is 0 Å². The first-order chi connectivity index (χ1) is 10.4. The summed E-state index contributed by atoms with van der Waals surface area (Å²) in [4.78, 5) is 22.1. The molecule has 22 heavy (non-hydrogen) atoms. The van der Waals surface area contributed by atoms with Crippen molar-refractivity contribution in [2.75, 3.05) is 30.0 Å². The van der Waals surface area contributed by atoms with Crippen LogP contribution in [-0.2, 0) is 9.84 Å². The summed E-state index contributed by atoms with van der Waals surface area (Å²) in [6.07, 6.45) is 4.02. The molecule has 0 aromatic carbocycles. The van der Waals surface area contributed by atoms with Crippen molar-refractivity contribution in [1.29, 1.82) is 0 Å². The number of nitrogens with one attached hydrogen (secondary N) is 1. The number of aromatic nitrogens is 2. The highest BCUT2D eigenvalue weighted by atomic mass is 32.2. The Labute approximate surface area is 131 Å². The molecule has 1 saturated heterocycles. The van der Waals surface area contributed by atoms with E-state index in [1.807, 2.05) is 0 Å². The SMILES string of the molecule is CCCCNC(=O)c1ccnc(N(C)C2CCS(=O)(=O)C2)n1. The van der Waals surface area contributed by atoms with E-state index < -0.39 is 9.84 Å². The van der Waals surface area contributed by atoms with Gasteiger partial charge in [-0.05, 0) is 18.9 Å². The van der Waals surface area contributed by atoms with Gasteiger partial charge >= 0.3 is 0 Å². The first-order valence-corrected chi connectivity index (χ1v) is 9.29. The van der Waals surface area contributed by atoms with Crippen LogP contribution in [0.15, 0.2) is 12.3 Å². The van der Waals surface area contributed by atoms with Gasteiger partial charge in [-0.2, -0.15) is 0 Å². The van der Waals surface area contributed by atoms with Crippen LogP contribution in [0.5, 0.6) is 0 Å². The van der Waals surface area contributed by atoms with Gasteiger partial charge in [-0.3, -0.25) is 4.79 Å². The van der Waals surface area contributed by atoms with Crippen LogP contribution < -0.4 is 10.2 Å². The van der Waals surface area contributed by atoms with Crippen molar-refractivity contribution in [2.24, 2.45) is 0 Å². The Bertz CT molecular complexity index is 633. The second-order valence-corrected chi connectivity index (χ2v) is 7.75. The first-order valence-electron chi connectivity index (χ1n) is 7.47. The molecule has 2 rings (SSSR count). The largest absolute Gasteiger partial charge is 0.351 e. The van der Waals surface area contributed by atoms with Crippen LogP contribution >= 0.6 is 0 Å². The molecular formula is C14H22N4O3S. The molecule has 8 heteroatoms. The first kappa shape index (κ1) is 16.7. The topological polar surface area (TPSA) is 92.3 Å². The van der Waals surface area contributed by atoms with Crippen LogP contribution in [0.2, 0.25) is 0 Å². The van der Waals surface area contributed by atoms with Gasteiger partial charge < -0.3 is 10.2 Å². The van der Waals surface area contributed by atoms with Crippen LogP contribution in [0.1, 0.15) is 36.7 Å². The van der Waals surface area contributed by atoms with Crippen molar-refractivity contribution in [2.45, 2.75) is 32.2 Å². The zero-order valence-corrected chi connectivity index (χ0v) is 13.8. The highest BCUT2D eigenvalue weighted by Gasteiger charge is 2.31. The average molecular weight is 326 g/mol. The van der Waals surface area contributed by atoms with E-state index in [1.54, 1.807) is 18.0 Å². The van der Waals surface area contributed by atoms with E-state index in [0.717, 1.165) is 12.8 Å². The second kappa shape index (κ2) is 7.04. The van der Waals surface area contributed by atoms with Gasteiger partial charge in [-0.15, -0.1) is 0 Å². The van der Waals surface area contributed by atoms with Crippen LogP contribution in [0.3, 0.4) is 0 Å². The Balaban J connectivity index is 2.06. The summed E-state index contributed by atoms with van der Waals surface area (Å²) in [5, 5.41) is 2.81. The molecule has 1 aliphatic rings. The number of carbonyl (C=O) groups excluding carboxylic acids is 1. The summed E-state index contributed by atoms with van der Waals surface area (Å²) in [5.41, 5.74) is 0.300. The molecule has 0 aliphatic carbocycles. The Morgan fingerprint density at radius 1 is 1.50 bits per heavy atom. The van der Waals surface area contributed by atoms with Crippen LogP contribution in [-0.4, -0.2) is 55.4 Å². The average Bonchev–Trinajstić information content (AvgIpc) is 2.87. The van der Waals surface area contributed by atoms with Gasteiger partial charge in [0, 0.05) is 25.8 Å². The Morgan fingerprint density at radius 3 is 2.91 bits per heavy atom. The fourth-order valence-corrected chi connectivity index (χ4v) is 4.13. The predicted molar refractivity (Wildman–Crippen MR) is 84.7 cm³/mol. The van der Waals surface area contributed by atoms with Gasteiger partial charge in [0.15, 0.2) is 9.84 Å². The minimum atomic E-state index is -2.97. The molecule has 0 bridgehead atoms. The fourth-order valence-electron chi connectivity index (χ4n) is 2.36. The van der Waals surface area contributed by atoms with Crippen molar-refractivity contribution < 1.29 is 13.2 Å². The number of anilines is 1. The molecule has 122 valence electrons. The lowest BCUT2D eigenvalue weighted by Crippen LogP contribution is -2.34.